The maximum absolute atomic E-state index is 8.92. The van der Waals surface area contributed by atoms with Crippen LogP contribution in [0.2, 0.25) is 0 Å². The molecule has 1 aromatic carbocycles. The summed E-state index contributed by atoms with van der Waals surface area (Å²) in [5, 5.41) is 15.7. The Morgan fingerprint density at radius 1 is 1.20 bits per heavy atom. The number of aliphatic imine (C=N–C) groups is 1. The minimum atomic E-state index is -0.0278. The van der Waals surface area contributed by atoms with E-state index in [9.17, 15) is 0 Å². The zero-order valence-corrected chi connectivity index (χ0v) is 21.6. The summed E-state index contributed by atoms with van der Waals surface area (Å²) in [6.45, 7) is 13.6. The summed E-state index contributed by atoms with van der Waals surface area (Å²) in [6.07, 6.45) is 2.27. The number of aliphatic hydroxyl groups excluding tert-OH is 1. The molecule has 0 saturated heterocycles. The number of nitrogens with one attached hydrogen (secondary N) is 2. The van der Waals surface area contributed by atoms with Crippen LogP contribution in [0.5, 0.6) is 11.5 Å². The third-order valence-corrected chi connectivity index (χ3v) is 4.73. The fourth-order valence-electron chi connectivity index (χ4n) is 3.04. The molecular formula is C22H41IN4O3. The summed E-state index contributed by atoms with van der Waals surface area (Å²) >= 11 is 0. The van der Waals surface area contributed by atoms with Gasteiger partial charge in [0.25, 0.3) is 0 Å². The van der Waals surface area contributed by atoms with Crippen LogP contribution in [0.15, 0.2) is 23.2 Å². The Morgan fingerprint density at radius 3 is 2.53 bits per heavy atom. The molecule has 0 radical (unpaired) electrons. The van der Waals surface area contributed by atoms with Crippen molar-refractivity contribution in [1.82, 2.24) is 15.5 Å². The first-order chi connectivity index (χ1) is 14.1. The minimum Gasteiger partial charge on any atom is -0.493 e. The molecule has 0 fully saturated rings. The van der Waals surface area contributed by atoms with E-state index in [0.29, 0.717) is 24.1 Å². The number of guanidine groups is 1. The van der Waals surface area contributed by atoms with Gasteiger partial charge in [-0.3, -0.25) is 0 Å². The van der Waals surface area contributed by atoms with E-state index in [1.165, 1.54) is 6.42 Å². The van der Waals surface area contributed by atoms with E-state index in [1.807, 2.05) is 18.2 Å². The molecule has 1 rings (SSSR count). The van der Waals surface area contributed by atoms with Crippen molar-refractivity contribution in [3.05, 3.63) is 23.8 Å². The van der Waals surface area contributed by atoms with Crippen molar-refractivity contribution < 1.29 is 14.6 Å². The van der Waals surface area contributed by atoms with Crippen LogP contribution in [0, 0.1) is 0 Å². The lowest BCUT2D eigenvalue weighted by Crippen LogP contribution is -2.42. The van der Waals surface area contributed by atoms with Gasteiger partial charge in [-0.05, 0) is 64.0 Å². The van der Waals surface area contributed by atoms with Gasteiger partial charge in [-0.25, -0.2) is 4.99 Å². The van der Waals surface area contributed by atoms with Crippen molar-refractivity contribution in [2.75, 3.05) is 46.5 Å². The topological polar surface area (TPSA) is 78.4 Å². The van der Waals surface area contributed by atoms with E-state index >= 15 is 0 Å². The van der Waals surface area contributed by atoms with Crippen molar-refractivity contribution >= 4 is 29.9 Å². The average Bonchev–Trinajstić information content (AvgIpc) is 2.74. The Hall–Kier alpha value is -1.26. The van der Waals surface area contributed by atoms with Crippen LogP contribution < -0.4 is 20.1 Å². The van der Waals surface area contributed by atoms with E-state index in [-0.39, 0.29) is 37.2 Å². The van der Waals surface area contributed by atoms with E-state index in [4.69, 9.17) is 19.6 Å². The third-order valence-electron chi connectivity index (χ3n) is 4.73. The second-order valence-corrected chi connectivity index (χ2v) is 6.97. The molecule has 7 nitrogen and oxygen atoms in total. The Labute approximate surface area is 199 Å². The number of nitrogens with zero attached hydrogens (tertiary/aromatic N) is 2. The number of halogens is 1. The summed E-state index contributed by atoms with van der Waals surface area (Å²) in [7, 11) is 1.61. The van der Waals surface area contributed by atoms with Gasteiger partial charge in [0, 0.05) is 12.6 Å². The van der Waals surface area contributed by atoms with Gasteiger partial charge >= 0.3 is 0 Å². The number of benzene rings is 1. The largest absolute Gasteiger partial charge is 0.493 e. The van der Waals surface area contributed by atoms with E-state index in [0.717, 1.165) is 44.1 Å². The first-order valence-electron chi connectivity index (χ1n) is 10.8. The monoisotopic (exact) mass is 536 g/mol. The number of hydrogen-bond acceptors (Lipinski definition) is 5. The minimum absolute atomic E-state index is 0. The van der Waals surface area contributed by atoms with Gasteiger partial charge in [-0.15, -0.1) is 24.0 Å². The van der Waals surface area contributed by atoms with Crippen LogP contribution in [0.3, 0.4) is 0 Å². The molecule has 1 aromatic rings. The predicted octanol–water partition coefficient (Wildman–Crippen LogP) is 3.25. The molecule has 0 spiro atoms. The molecule has 0 heterocycles. The lowest BCUT2D eigenvalue weighted by Gasteiger charge is -2.21. The highest BCUT2D eigenvalue weighted by atomic mass is 127. The zero-order valence-electron chi connectivity index (χ0n) is 19.2. The number of methoxy groups -OCH3 is 1. The molecule has 1 unspecified atom stereocenters. The second-order valence-electron chi connectivity index (χ2n) is 6.97. The van der Waals surface area contributed by atoms with E-state index < -0.39 is 0 Å². The van der Waals surface area contributed by atoms with Crippen molar-refractivity contribution in [2.24, 2.45) is 4.99 Å². The molecule has 8 heteroatoms. The molecular weight excluding hydrogens is 495 g/mol. The fraction of sp³-hybridized carbons (Fsp3) is 0.682. The third kappa shape index (κ3) is 11.2. The summed E-state index contributed by atoms with van der Waals surface area (Å²) in [4.78, 5) is 7.17. The molecule has 0 saturated carbocycles. The Bertz CT molecular complexity index is 598. The highest BCUT2D eigenvalue weighted by Crippen LogP contribution is 2.28. The van der Waals surface area contributed by atoms with Crippen molar-refractivity contribution in [2.45, 2.75) is 53.1 Å². The molecule has 0 aliphatic carbocycles. The average molecular weight is 536 g/mol. The van der Waals surface area contributed by atoms with Gasteiger partial charge in [-0.1, -0.05) is 19.9 Å². The molecule has 0 amide bonds. The number of aliphatic hydroxyl groups is 1. The van der Waals surface area contributed by atoms with E-state index in [1.54, 1.807) is 7.11 Å². The van der Waals surface area contributed by atoms with Gasteiger partial charge in [-0.2, -0.15) is 0 Å². The number of ether oxygens (including phenoxy) is 2. The maximum Gasteiger partial charge on any atom is 0.191 e. The quantitative estimate of drug-likeness (QED) is 0.193. The summed E-state index contributed by atoms with van der Waals surface area (Å²) < 4.78 is 10.9. The summed E-state index contributed by atoms with van der Waals surface area (Å²) in [5.41, 5.74) is 1.03. The zero-order chi connectivity index (χ0) is 21.5. The van der Waals surface area contributed by atoms with Gasteiger partial charge in [0.1, 0.15) is 6.61 Å². The molecule has 3 N–H and O–H groups in total. The molecule has 0 bridgehead atoms. The SMILES string of the molecule is CCNC(=NCc1ccc(OCCO)c(OC)c1)NC(C)CCCN(CC)CC.I. The normalized spacial score (nSPS) is 12.3. The van der Waals surface area contributed by atoms with Crippen LogP contribution in [-0.4, -0.2) is 68.5 Å². The first-order valence-corrected chi connectivity index (χ1v) is 10.8. The molecule has 30 heavy (non-hydrogen) atoms. The summed E-state index contributed by atoms with van der Waals surface area (Å²) in [5.74, 6) is 2.09. The van der Waals surface area contributed by atoms with Crippen LogP contribution >= 0.6 is 24.0 Å². The molecule has 0 aromatic heterocycles. The maximum atomic E-state index is 8.92. The lowest BCUT2D eigenvalue weighted by atomic mass is 10.2. The standard InChI is InChI=1S/C22H40N4O3.HI/c1-6-23-22(25-18(4)10-9-13-26(7-2)8-3)24-17-19-11-12-20(29-15-14-27)21(16-19)28-5;/h11-12,16,18,27H,6-10,13-15,17H2,1-5H3,(H2,23,24,25);1H. The Balaban J connectivity index is 0.00000841. The summed E-state index contributed by atoms with van der Waals surface area (Å²) in [6, 6.07) is 6.10. The van der Waals surface area contributed by atoms with Crippen LogP contribution in [0.4, 0.5) is 0 Å². The molecule has 0 aliphatic rings. The molecule has 1 atom stereocenters. The van der Waals surface area contributed by atoms with Crippen LogP contribution in [0.1, 0.15) is 46.1 Å². The Kier molecular flexibility index (Phi) is 16.7. The molecule has 174 valence electrons. The number of rotatable bonds is 14. The van der Waals surface area contributed by atoms with Gasteiger partial charge < -0.3 is 30.1 Å². The fourth-order valence-corrected chi connectivity index (χ4v) is 3.04. The first kappa shape index (κ1) is 28.7. The van der Waals surface area contributed by atoms with Gasteiger partial charge in [0.05, 0.1) is 20.3 Å². The lowest BCUT2D eigenvalue weighted by molar-refractivity contribution is 0.196. The highest BCUT2D eigenvalue weighted by molar-refractivity contribution is 14.0. The van der Waals surface area contributed by atoms with Crippen molar-refractivity contribution in [3.63, 3.8) is 0 Å². The van der Waals surface area contributed by atoms with Gasteiger partial charge in [0.15, 0.2) is 17.5 Å². The van der Waals surface area contributed by atoms with Crippen molar-refractivity contribution in [3.8, 4) is 11.5 Å². The smallest absolute Gasteiger partial charge is 0.191 e. The predicted molar refractivity (Wildman–Crippen MR) is 135 cm³/mol. The van der Waals surface area contributed by atoms with Crippen molar-refractivity contribution in [1.29, 1.82) is 0 Å². The van der Waals surface area contributed by atoms with Crippen LogP contribution in [0.25, 0.3) is 0 Å². The highest BCUT2D eigenvalue weighted by Gasteiger charge is 2.08. The Morgan fingerprint density at radius 2 is 1.93 bits per heavy atom. The van der Waals surface area contributed by atoms with Gasteiger partial charge in [0.2, 0.25) is 0 Å². The second kappa shape index (κ2) is 17.4. The number of hydrogen-bond donors (Lipinski definition) is 3. The molecule has 0 aliphatic heterocycles. The van der Waals surface area contributed by atoms with Crippen LogP contribution in [-0.2, 0) is 6.54 Å². The van der Waals surface area contributed by atoms with E-state index in [2.05, 4.69) is 43.2 Å².